The van der Waals surface area contributed by atoms with Gasteiger partial charge in [-0.15, -0.1) is 0 Å². The molecule has 0 spiro atoms. The molecule has 2 aromatic rings. The minimum atomic E-state index is -0.0480. The van der Waals surface area contributed by atoms with E-state index in [-0.39, 0.29) is 17.7 Å². The number of hydrogen-bond acceptors (Lipinski definition) is 4. The fraction of sp³-hybridized carbons (Fsp3) is 0.360. The van der Waals surface area contributed by atoms with Crippen LogP contribution in [0, 0.1) is 5.92 Å². The highest BCUT2D eigenvalue weighted by atomic mass is 16.5. The van der Waals surface area contributed by atoms with Gasteiger partial charge >= 0.3 is 0 Å². The molecular weight excluding hydrogens is 392 g/mol. The van der Waals surface area contributed by atoms with Crippen LogP contribution in [0.4, 0.5) is 0 Å². The molecule has 1 aliphatic rings. The van der Waals surface area contributed by atoms with Crippen LogP contribution < -0.4 is 9.47 Å². The Hall–Kier alpha value is -3.28. The van der Waals surface area contributed by atoms with E-state index in [1.165, 1.54) is 0 Å². The van der Waals surface area contributed by atoms with Crippen LogP contribution >= 0.6 is 0 Å². The number of nitrogens with zero attached hydrogens (tertiary/aromatic N) is 2. The minimum absolute atomic E-state index is 0.00371. The number of piperidine rings is 1. The van der Waals surface area contributed by atoms with E-state index in [1.54, 1.807) is 25.1 Å². The lowest BCUT2D eigenvalue weighted by molar-refractivity contribution is -0.138. The van der Waals surface area contributed by atoms with Crippen molar-refractivity contribution in [3.8, 4) is 11.5 Å². The van der Waals surface area contributed by atoms with E-state index in [0.29, 0.717) is 39.1 Å². The van der Waals surface area contributed by atoms with Crippen molar-refractivity contribution in [2.24, 2.45) is 5.92 Å². The second-order valence-corrected chi connectivity index (χ2v) is 7.63. The fourth-order valence-corrected chi connectivity index (χ4v) is 3.58. The molecule has 0 aliphatic carbocycles. The summed E-state index contributed by atoms with van der Waals surface area (Å²) in [6, 6.07) is 17.1. The number of carbonyl (C=O) groups is 2. The Kier molecular flexibility index (Phi) is 8.10. The standard InChI is InChI=1S/C25H30N2O4/c1-26(18-19-31-23-11-9-22(30-2)10-12-23)25(29)21-14-16-27(17-15-21)24(28)13-8-20-6-4-3-5-7-20/h3-13,21H,14-19H2,1-2H3/b13-8+. The Morgan fingerprint density at radius 2 is 1.68 bits per heavy atom. The number of rotatable bonds is 8. The van der Waals surface area contributed by atoms with Gasteiger partial charge in [0, 0.05) is 32.1 Å². The van der Waals surface area contributed by atoms with E-state index in [4.69, 9.17) is 9.47 Å². The van der Waals surface area contributed by atoms with Crippen molar-refractivity contribution in [1.29, 1.82) is 0 Å². The zero-order chi connectivity index (χ0) is 22.1. The summed E-state index contributed by atoms with van der Waals surface area (Å²) in [5.74, 6) is 1.59. The van der Waals surface area contributed by atoms with E-state index in [1.807, 2.05) is 65.6 Å². The second kappa shape index (κ2) is 11.2. The summed E-state index contributed by atoms with van der Waals surface area (Å²) >= 11 is 0. The van der Waals surface area contributed by atoms with Crippen LogP contribution in [0.15, 0.2) is 60.7 Å². The van der Waals surface area contributed by atoms with Crippen molar-refractivity contribution >= 4 is 17.9 Å². The Bertz CT molecular complexity index is 872. The maximum atomic E-state index is 12.7. The molecule has 2 amide bonds. The Morgan fingerprint density at radius 3 is 2.32 bits per heavy atom. The monoisotopic (exact) mass is 422 g/mol. The summed E-state index contributed by atoms with van der Waals surface area (Å²) in [6.45, 7) is 2.15. The minimum Gasteiger partial charge on any atom is -0.497 e. The highest BCUT2D eigenvalue weighted by Crippen LogP contribution is 2.20. The number of benzene rings is 2. The molecule has 0 bridgehead atoms. The van der Waals surface area contributed by atoms with Crippen LogP contribution in [0.25, 0.3) is 6.08 Å². The molecule has 0 saturated carbocycles. The van der Waals surface area contributed by atoms with Gasteiger partial charge in [-0.1, -0.05) is 30.3 Å². The van der Waals surface area contributed by atoms with Crippen LogP contribution in [0.2, 0.25) is 0 Å². The summed E-state index contributed by atoms with van der Waals surface area (Å²) in [6.07, 6.45) is 4.82. The Balaban J connectivity index is 1.39. The van der Waals surface area contributed by atoms with Crippen molar-refractivity contribution in [3.63, 3.8) is 0 Å². The molecule has 0 unspecified atom stereocenters. The van der Waals surface area contributed by atoms with Crippen molar-refractivity contribution in [2.75, 3.05) is 40.4 Å². The summed E-state index contributed by atoms with van der Waals surface area (Å²) in [4.78, 5) is 28.7. The molecule has 1 heterocycles. The van der Waals surface area contributed by atoms with Crippen molar-refractivity contribution in [2.45, 2.75) is 12.8 Å². The highest BCUT2D eigenvalue weighted by molar-refractivity contribution is 5.92. The fourth-order valence-electron chi connectivity index (χ4n) is 3.58. The number of carbonyl (C=O) groups excluding carboxylic acids is 2. The third-order valence-corrected chi connectivity index (χ3v) is 5.50. The predicted octanol–water partition coefficient (Wildman–Crippen LogP) is 3.48. The van der Waals surface area contributed by atoms with Gasteiger partial charge in [-0.3, -0.25) is 9.59 Å². The number of methoxy groups -OCH3 is 1. The van der Waals surface area contributed by atoms with Crippen LogP contribution in [-0.4, -0.2) is 62.0 Å². The van der Waals surface area contributed by atoms with E-state index in [0.717, 1.165) is 17.1 Å². The quantitative estimate of drug-likeness (QED) is 0.611. The molecule has 3 rings (SSSR count). The lowest BCUT2D eigenvalue weighted by Gasteiger charge is -2.32. The molecule has 0 aromatic heterocycles. The first-order valence-electron chi connectivity index (χ1n) is 10.6. The molecule has 1 saturated heterocycles. The van der Waals surface area contributed by atoms with Crippen molar-refractivity contribution in [1.82, 2.24) is 9.80 Å². The third-order valence-electron chi connectivity index (χ3n) is 5.50. The molecule has 0 radical (unpaired) electrons. The molecule has 0 atom stereocenters. The normalized spacial score (nSPS) is 14.5. The SMILES string of the molecule is COc1ccc(OCCN(C)C(=O)C2CCN(C(=O)/C=C/c3ccccc3)CC2)cc1. The average molecular weight is 423 g/mol. The largest absolute Gasteiger partial charge is 0.497 e. The van der Waals surface area contributed by atoms with Crippen LogP contribution in [0.3, 0.4) is 0 Å². The first-order valence-corrected chi connectivity index (χ1v) is 10.6. The summed E-state index contributed by atoms with van der Waals surface area (Å²) in [5, 5.41) is 0. The van der Waals surface area contributed by atoms with E-state index in [2.05, 4.69) is 0 Å². The number of hydrogen-bond donors (Lipinski definition) is 0. The van der Waals surface area contributed by atoms with Gasteiger partial charge in [-0.05, 0) is 48.7 Å². The Labute approximate surface area is 184 Å². The number of likely N-dealkylation sites (N-methyl/N-ethyl adjacent to an activating group) is 1. The molecule has 1 aliphatic heterocycles. The zero-order valence-corrected chi connectivity index (χ0v) is 18.2. The smallest absolute Gasteiger partial charge is 0.246 e. The van der Waals surface area contributed by atoms with Crippen LogP contribution in [-0.2, 0) is 9.59 Å². The van der Waals surface area contributed by atoms with Gasteiger partial charge in [-0.2, -0.15) is 0 Å². The molecular formula is C25H30N2O4. The maximum Gasteiger partial charge on any atom is 0.246 e. The first kappa shape index (κ1) is 22.4. The van der Waals surface area contributed by atoms with E-state index in [9.17, 15) is 9.59 Å². The van der Waals surface area contributed by atoms with Gasteiger partial charge < -0.3 is 19.3 Å². The lowest BCUT2D eigenvalue weighted by Crippen LogP contribution is -2.43. The predicted molar refractivity (Wildman–Crippen MR) is 121 cm³/mol. The maximum absolute atomic E-state index is 12.7. The van der Waals surface area contributed by atoms with Gasteiger partial charge in [0.05, 0.1) is 13.7 Å². The zero-order valence-electron chi connectivity index (χ0n) is 18.2. The number of amides is 2. The van der Waals surface area contributed by atoms with E-state index >= 15 is 0 Å². The lowest BCUT2D eigenvalue weighted by atomic mass is 9.95. The van der Waals surface area contributed by atoms with Gasteiger partial charge in [0.1, 0.15) is 18.1 Å². The van der Waals surface area contributed by atoms with Crippen LogP contribution in [0.5, 0.6) is 11.5 Å². The summed E-state index contributed by atoms with van der Waals surface area (Å²) < 4.78 is 10.8. The van der Waals surface area contributed by atoms with Crippen molar-refractivity contribution in [3.05, 3.63) is 66.2 Å². The topological polar surface area (TPSA) is 59.1 Å². The van der Waals surface area contributed by atoms with E-state index < -0.39 is 0 Å². The number of ether oxygens (including phenoxy) is 2. The van der Waals surface area contributed by atoms with Crippen LogP contribution in [0.1, 0.15) is 18.4 Å². The molecule has 1 fully saturated rings. The molecule has 0 N–H and O–H groups in total. The second-order valence-electron chi connectivity index (χ2n) is 7.63. The summed E-state index contributed by atoms with van der Waals surface area (Å²) in [5.41, 5.74) is 0.999. The molecule has 6 nitrogen and oxygen atoms in total. The van der Waals surface area contributed by atoms with Gasteiger partial charge in [0.15, 0.2) is 0 Å². The first-order chi connectivity index (χ1) is 15.1. The average Bonchev–Trinajstić information content (AvgIpc) is 2.83. The molecule has 2 aromatic carbocycles. The molecule has 6 heteroatoms. The summed E-state index contributed by atoms with van der Waals surface area (Å²) in [7, 11) is 3.43. The van der Waals surface area contributed by atoms with Gasteiger partial charge in [-0.25, -0.2) is 0 Å². The Morgan fingerprint density at radius 1 is 1.03 bits per heavy atom. The molecule has 164 valence electrons. The van der Waals surface area contributed by atoms with Crippen molar-refractivity contribution < 1.29 is 19.1 Å². The molecule has 31 heavy (non-hydrogen) atoms. The highest BCUT2D eigenvalue weighted by Gasteiger charge is 2.28. The van der Waals surface area contributed by atoms with Gasteiger partial charge in [0.25, 0.3) is 0 Å². The third kappa shape index (κ3) is 6.60. The van der Waals surface area contributed by atoms with Gasteiger partial charge in [0.2, 0.25) is 11.8 Å². The number of likely N-dealkylation sites (tertiary alicyclic amines) is 1.